The Morgan fingerprint density at radius 3 is 2.84 bits per heavy atom. The molecule has 1 fully saturated rings. The van der Waals surface area contributed by atoms with Gasteiger partial charge in [-0.2, -0.15) is 0 Å². The molecule has 2 N–H and O–H groups in total. The molecule has 19 heavy (non-hydrogen) atoms. The van der Waals surface area contributed by atoms with Gasteiger partial charge >= 0.3 is 0 Å². The van der Waals surface area contributed by atoms with E-state index in [-0.39, 0.29) is 10.6 Å². The molecule has 0 radical (unpaired) electrons. The van der Waals surface area contributed by atoms with Crippen molar-refractivity contribution in [1.29, 1.82) is 0 Å². The summed E-state index contributed by atoms with van der Waals surface area (Å²) in [6.45, 7) is 3.86. The molecule has 0 bridgehead atoms. The Balaban J connectivity index is 2.13. The molecule has 0 saturated carbocycles. The van der Waals surface area contributed by atoms with Crippen molar-refractivity contribution in [3.8, 4) is 0 Å². The SMILES string of the molecule is CNc1ccc(CN2CCC(C)(O)C2)cc1[N+](=O)[O-]. The second-order valence-electron chi connectivity index (χ2n) is 5.32. The van der Waals surface area contributed by atoms with Crippen molar-refractivity contribution in [2.45, 2.75) is 25.5 Å². The maximum Gasteiger partial charge on any atom is 0.292 e. The highest BCUT2D eigenvalue weighted by Gasteiger charge is 2.31. The van der Waals surface area contributed by atoms with E-state index in [1.165, 1.54) is 0 Å². The maximum atomic E-state index is 11.0. The summed E-state index contributed by atoms with van der Waals surface area (Å²) in [5, 5.41) is 23.7. The lowest BCUT2D eigenvalue weighted by atomic mass is 10.1. The Kier molecular flexibility index (Phi) is 3.73. The highest BCUT2D eigenvalue weighted by atomic mass is 16.6. The van der Waals surface area contributed by atoms with Crippen LogP contribution in [0.15, 0.2) is 18.2 Å². The number of nitrogens with zero attached hydrogens (tertiary/aromatic N) is 2. The van der Waals surface area contributed by atoms with Gasteiger partial charge < -0.3 is 10.4 Å². The van der Waals surface area contributed by atoms with E-state index in [9.17, 15) is 15.2 Å². The second-order valence-corrected chi connectivity index (χ2v) is 5.32. The van der Waals surface area contributed by atoms with Crippen LogP contribution in [0.5, 0.6) is 0 Å². The Morgan fingerprint density at radius 2 is 2.32 bits per heavy atom. The Hall–Kier alpha value is -1.66. The van der Waals surface area contributed by atoms with Gasteiger partial charge in [-0.15, -0.1) is 0 Å². The van der Waals surface area contributed by atoms with Crippen molar-refractivity contribution in [1.82, 2.24) is 4.90 Å². The van der Waals surface area contributed by atoms with Gasteiger partial charge in [-0.05, 0) is 25.0 Å². The van der Waals surface area contributed by atoms with Crippen LogP contribution in [0, 0.1) is 10.1 Å². The van der Waals surface area contributed by atoms with E-state index in [1.54, 1.807) is 19.2 Å². The average molecular weight is 265 g/mol. The molecular formula is C13H19N3O3. The lowest BCUT2D eigenvalue weighted by Crippen LogP contribution is -2.29. The Morgan fingerprint density at radius 1 is 1.58 bits per heavy atom. The first-order valence-electron chi connectivity index (χ1n) is 6.31. The van der Waals surface area contributed by atoms with Crippen LogP contribution < -0.4 is 5.32 Å². The number of nitro benzene ring substituents is 1. The number of β-amino-alcohol motifs (C(OH)–C–C–N with tert-alkyl or cyclic N) is 1. The lowest BCUT2D eigenvalue weighted by Gasteiger charge is -2.18. The molecule has 1 saturated heterocycles. The van der Waals surface area contributed by atoms with Gasteiger partial charge in [-0.25, -0.2) is 0 Å². The van der Waals surface area contributed by atoms with Crippen LogP contribution in [0.2, 0.25) is 0 Å². The third kappa shape index (κ3) is 3.21. The lowest BCUT2D eigenvalue weighted by molar-refractivity contribution is -0.384. The fraction of sp³-hybridized carbons (Fsp3) is 0.538. The van der Waals surface area contributed by atoms with E-state index in [0.717, 1.165) is 18.5 Å². The number of hydrogen-bond acceptors (Lipinski definition) is 5. The molecule has 1 aromatic carbocycles. The topological polar surface area (TPSA) is 78.6 Å². The van der Waals surface area contributed by atoms with Crippen LogP contribution >= 0.6 is 0 Å². The molecule has 0 aliphatic carbocycles. The Labute approximate surface area is 112 Å². The van der Waals surface area contributed by atoms with Crippen molar-refractivity contribution in [2.24, 2.45) is 0 Å². The molecule has 1 atom stereocenters. The van der Waals surface area contributed by atoms with Gasteiger partial charge in [0.05, 0.1) is 10.5 Å². The molecule has 1 aromatic rings. The molecule has 1 unspecified atom stereocenters. The standard InChI is InChI=1S/C13H19N3O3/c1-13(17)5-6-15(9-13)8-10-3-4-11(14-2)12(7-10)16(18)19/h3-4,7,14,17H,5-6,8-9H2,1-2H3. The minimum atomic E-state index is -0.642. The number of likely N-dealkylation sites (tertiary alicyclic amines) is 1. The van der Waals surface area contributed by atoms with Crippen molar-refractivity contribution >= 4 is 11.4 Å². The van der Waals surface area contributed by atoms with E-state index in [1.807, 2.05) is 13.0 Å². The molecule has 1 aliphatic rings. The van der Waals surface area contributed by atoms with Crippen LogP contribution in [0.1, 0.15) is 18.9 Å². The van der Waals surface area contributed by atoms with Gasteiger partial charge in [0.2, 0.25) is 0 Å². The third-order valence-corrected chi connectivity index (χ3v) is 3.47. The van der Waals surface area contributed by atoms with Gasteiger partial charge in [0, 0.05) is 32.7 Å². The van der Waals surface area contributed by atoms with Crippen LogP contribution in [0.4, 0.5) is 11.4 Å². The van der Waals surface area contributed by atoms with Crippen molar-refractivity contribution in [3.05, 3.63) is 33.9 Å². The number of nitrogens with one attached hydrogen (secondary N) is 1. The minimum Gasteiger partial charge on any atom is -0.389 e. The van der Waals surface area contributed by atoms with E-state index >= 15 is 0 Å². The highest BCUT2D eigenvalue weighted by molar-refractivity contribution is 5.62. The number of hydrogen-bond donors (Lipinski definition) is 2. The quantitative estimate of drug-likeness (QED) is 0.638. The van der Waals surface area contributed by atoms with E-state index < -0.39 is 5.60 Å². The number of anilines is 1. The predicted octanol–water partition coefficient (Wildman–Crippen LogP) is 1.59. The first-order valence-corrected chi connectivity index (χ1v) is 6.31. The zero-order valence-electron chi connectivity index (χ0n) is 11.2. The van der Waals surface area contributed by atoms with Gasteiger partial charge in [-0.3, -0.25) is 15.0 Å². The fourth-order valence-electron chi connectivity index (χ4n) is 2.47. The van der Waals surface area contributed by atoms with Crippen LogP contribution in [0.3, 0.4) is 0 Å². The molecular weight excluding hydrogens is 246 g/mol. The molecule has 0 amide bonds. The maximum absolute atomic E-state index is 11.0. The summed E-state index contributed by atoms with van der Waals surface area (Å²) in [5.74, 6) is 0. The van der Waals surface area contributed by atoms with Crippen LogP contribution in [0.25, 0.3) is 0 Å². The van der Waals surface area contributed by atoms with Gasteiger partial charge in [-0.1, -0.05) is 6.07 Å². The third-order valence-electron chi connectivity index (χ3n) is 3.47. The first kappa shape index (κ1) is 13.8. The summed E-state index contributed by atoms with van der Waals surface area (Å²) in [6.07, 6.45) is 0.740. The highest BCUT2D eigenvalue weighted by Crippen LogP contribution is 2.27. The molecule has 1 heterocycles. The second kappa shape index (κ2) is 5.14. The molecule has 104 valence electrons. The van der Waals surface area contributed by atoms with Gasteiger partial charge in [0.1, 0.15) is 5.69 Å². The number of rotatable bonds is 4. The van der Waals surface area contributed by atoms with Crippen molar-refractivity contribution < 1.29 is 10.0 Å². The summed E-state index contributed by atoms with van der Waals surface area (Å²) in [5.41, 5.74) is 0.855. The molecule has 1 aliphatic heterocycles. The minimum absolute atomic E-state index is 0.0888. The van der Waals surface area contributed by atoms with Crippen molar-refractivity contribution in [3.63, 3.8) is 0 Å². The predicted molar refractivity (Wildman–Crippen MR) is 73.2 cm³/mol. The van der Waals surface area contributed by atoms with E-state index in [0.29, 0.717) is 18.8 Å². The molecule has 6 nitrogen and oxygen atoms in total. The summed E-state index contributed by atoms with van der Waals surface area (Å²) < 4.78 is 0. The smallest absolute Gasteiger partial charge is 0.292 e. The van der Waals surface area contributed by atoms with Crippen LogP contribution in [-0.2, 0) is 6.54 Å². The number of nitro groups is 1. The zero-order valence-corrected chi connectivity index (χ0v) is 11.2. The molecule has 0 spiro atoms. The Bertz CT molecular complexity index is 488. The summed E-state index contributed by atoms with van der Waals surface area (Å²) in [7, 11) is 1.67. The van der Waals surface area contributed by atoms with Gasteiger partial charge in [0.15, 0.2) is 0 Å². The molecule has 6 heteroatoms. The monoisotopic (exact) mass is 265 g/mol. The largest absolute Gasteiger partial charge is 0.389 e. The molecule has 0 aromatic heterocycles. The van der Waals surface area contributed by atoms with Crippen LogP contribution in [-0.4, -0.2) is 40.7 Å². The molecule has 2 rings (SSSR count). The number of aliphatic hydroxyl groups is 1. The zero-order chi connectivity index (χ0) is 14.0. The average Bonchev–Trinajstić information content (AvgIpc) is 2.68. The van der Waals surface area contributed by atoms with Crippen molar-refractivity contribution in [2.75, 3.05) is 25.5 Å². The summed E-state index contributed by atoms with van der Waals surface area (Å²) >= 11 is 0. The normalized spacial score (nSPS) is 23.5. The van der Waals surface area contributed by atoms with E-state index in [4.69, 9.17) is 0 Å². The van der Waals surface area contributed by atoms with E-state index in [2.05, 4.69) is 10.2 Å². The number of benzene rings is 1. The fourth-order valence-corrected chi connectivity index (χ4v) is 2.47. The van der Waals surface area contributed by atoms with Gasteiger partial charge in [0.25, 0.3) is 5.69 Å². The summed E-state index contributed by atoms with van der Waals surface area (Å²) in [4.78, 5) is 12.7. The first-order chi connectivity index (χ1) is 8.91. The summed E-state index contributed by atoms with van der Waals surface area (Å²) in [6, 6.07) is 5.20.